The van der Waals surface area contributed by atoms with Crippen molar-refractivity contribution in [1.82, 2.24) is 0 Å². The second kappa shape index (κ2) is 9.67. The monoisotopic (exact) mass is 476 g/mol. The predicted molar refractivity (Wildman–Crippen MR) is 113 cm³/mol. The molecule has 178 valence electrons. The van der Waals surface area contributed by atoms with Gasteiger partial charge in [0.25, 0.3) is 5.91 Å². The topological polar surface area (TPSA) is 106 Å². The maximum Gasteiger partial charge on any atom is 0.407 e. The zero-order valence-electron chi connectivity index (χ0n) is 17.8. The van der Waals surface area contributed by atoms with Crippen LogP contribution in [0.15, 0.2) is 18.2 Å². The molecule has 0 aromatic heterocycles. The van der Waals surface area contributed by atoms with E-state index >= 15 is 0 Å². The molecule has 32 heavy (non-hydrogen) atoms. The minimum Gasteiger partial charge on any atom is -0.379 e. The van der Waals surface area contributed by atoms with Crippen molar-refractivity contribution in [2.24, 2.45) is 17.4 Å². The Morgan fingerprint density at radius 3 is 2.41 bits per heavy atom. The fraction of sp³-hybridized carbons (Fsp3) is 0.636. The Bertz CT molecular complexity index is 861. The Morgan fingerprint density at radius 2 is 1.81 bits per heavy atom. The van der Waals surface area contributed by atoms with E-state index < -0.39 is 40.7 Å². The number of aliphatic hydroxyl groups is 1. The van der Waals surface area contributed by atoms with Crippen LogP contribution in [0.2, 0.25) is 5.02 Å². The van der Waals surface area contributed by atoms with Crippen LogP contribution in [-0.2, 0) is 16.1 Å². The highest BCUT2D eigenvalue weighted by molar-refractivity contribution is 6.30. The van der Waals surface area contributed by atoms with E-state index in [1.807, 2.05) is 0 Å². The van der Waals surface area contributed by atoms with E-state index in [9.17, 15) is 27.9 Å². The van der Waals surface area contributed by atoms with Gasteiger partial charge in [0.1, 0.15) is 12.6 Å². The SMILES string of the molecule is NC(=O)[C@@H]1CCC[N+]1(Cc1cc(Cl)ccc1C(N)C(F)(F)F)C(=O)[C@H](O)C1CCCCC1. The van der Waals surface area contributed by atoms with Gasteiger partial charge in [-0.05, 0) is 36.5 Å². The highest BCUT2D eigenvalue weighted by atomic mass is 35.5. The van der Waals surface area contributed by atoms with Crippen molar-refractivity contribution in [2.45, 2.75) is 75.9 Å². The summed E-state index contributed by atoms with van der Waals surface area (Å²) in [5.74, 6) is -1.52. The van der Waals surface area contributed by atoms with Crippen molar-refractivity contribution < 1.29 is 32.3 Å². The molecule has 3 rings (SSSR count). The van der Waals surface area contributed by atoms with Crippen molar-refractivity contribution in [3.05, 3.63) is 34.3 Å². The van der Waals surface area contributed by atoms with Gasteiger partial charge in [0, 0.05) is 23.4 Å². The molecule has 1 aromatic rings. The normalized spacial score (nSPS) is 26.6. The van der Waals surface area contributed by atoms with Crippen molar-refractivity contribution in [3.63, 3.8) is 0 Å². The summed E-state index contributed by atoms with van der Waals surface area (Å²) in [6.45, 7) is -0.0423. The Kier molecular flexibility index (Phi) is 7.54. The molecule has 1 saturated carbocycles. The summed E-state index contributed by atoms with van der Waals surface area (Å²) in [6.07, 6.45) is -1.01. The van der Waals surface area contributed by atoms with Crippen molar-refractivity contribution in [1.29, 1.82) is 0 Å². The number of benzene rings is 1. The zero-order chi connectivity index (χ0) is 23.7. The number of primary amides is 1. The second-order valence-electron chi connectivity index (χ2n) is 9.02. The number of quaternary nitrogens is 1. The zero-order valence-corrected chi connectivity index (χ0v) is 18.5. The molecule has 1 heterocycles. The van der Waals surface area contributed by atoms with Crippen LogP contribution in [0.5, 0.6) is 0 Å². The number of carbonyl (C=O) groups is 2. The van der Waals surface area contributed by atoms with Gasteiger partial charge in [0.2, 0.25) is 0 Å². The minimum absolute atomic E-state index is 0.125. The smallest absolute Gasteiger partial charge is 0.379 e. The Labute approximate surface area is 190 Å². The van der Waals surface area contributed by atoms with Crippen LogP contribution in [0, 0.1) is 5.92 Å². The lowest BCUT2D eigenvalue weighted by Crippen LogP contribution is -2.63. The summed E-state index contributed by atoms with van der Waals surface area (Å²) < 4.78 is 39.7. The van der Waals surface area contributed by atoms with Gasteiger partial charge in [0.15, 0.2) is 12.1 Å². The fourth-order valence-electron chi connectivity index (χ4n) is 5.30. The third-order valence-electron chi connectivity index (χ3n) is 6.99. The number of nitrogens with two attached hydrogens (primary N) is 2. The first-order valence-corrected chi connectivity index (χ1v) is 11.3. The Balaban J connectivity index is 2.04. The lowest BCUT2D eigenvalue weighted by atomic mass is 9.84. The molecule has 2 amide bonds. The fourth-order valence-corrected chi connectivity index (χ4v) is 5.49. The first-order chi connectivity index (χ1) is 15.0. The molecule has 1 saturated heterocycles. The lowest BCUT2D eigenvalue weighted by molar-refractivity contribution is -0.872. The predicted octanol–water partition coefficient (Wildman–Crippen LogP) is 3.33. The number of rotatable bonds is 6. The Hall–Kier alpha value is -1.68. The first kappa shape index (κ1) is 25.0. The molecule has 0 radical (unpaired) electrons. The van der Waals surface area contributed by atoms with Gasteiger partial charge in [0.05, 0.1) is 6.54 Å². The number of hydrogen-bond donors (Lipinski definition) is 3. The molecule has 4 atom stereocenters. The number of likely N-dealkylation sites (tertiary alicyclic amines) is 1. The van der Waals surface area contributed by atoms with Crippen LogP contribution in [0.1, 0.15) is 62.1 Å². The molecule has 10 heteroatoms. The number of hydrogen-bond acceptors (Lipinski definition) is 4. The summed E-state index contributed by atoms with van der Waals surface area (Å²) in [6, 6.07) is 0.644. The third kappa shape index (κ3) is 4.95. The maximum atomic E-state index is 13.7. The molecule has 5 N–H and O–H groups in total. The van der Waals surface area contributed by atoms with Crippen molar-refractivity contribution in [2.75, 3.05) is 6.54 Å². The quantitative estimate of drug-likeness (QED) is 0.547. The summed E-state index contributed by atoms with van der Waals surface area (Å²) in [5, 5.41) is 11.1. The van der Waals surface area contributed by atoms with Crippen molar-refractivity contribution >= 4 is 23.4 Å². The van der Waals surface area contributed by atoms with Crippen LogP contribution < -0.4 is 11.5 Å². The van der Waals surface area contributed by atoms with E-state index in [0.717, 1.165) is 19.3 Å². The van der Waals surface area contributed by atoms with Crippen LogP contribution in [0.3, 0.4) is 0 Å². The number of alkyl halides is 3. The van der Waals surface area contributed by atoms with Crippen LogP contribution in [0.25, 0.3) is 0 Å². The molecule has 1 aromatic carbocycles. The molecule has 2 aliphatic rings. The maximum absolute atomic E-state index is 13.7. The molecule has 0 spiro atoms. The number of carbonyl (C=O) groups excluding carboxylic acids is 2. The first-order valence-electron chi connectivity index (χ1n) is 11.0. The van der Waals surface area contributed by atoms with Gasteiger partial charge < -0.3 is 16.6 Å². The standard InChI is InChI=1S/C22H29ClF3N3O3/c23-15-8-9-16(19(27)22(24,25)26)14(11-15)12-29(10-4-7-17(29)20(28)31)21(32)18(30)13-5-2-1-3-6-13/h8-9,11,13,17-19,30H,1-7,10,12,27H2,(H-,28,31)/p+1/t17-,18+,19?,29?/m0/s1. The van der Waals surface area contributed by atoms with Gasteiger partial charge >= 0.3 is 12.1 Å². The van der Waals surface area contributed by atoms with E-state index in [1.165, 1.54) is 18.2 Å². The van der Waals surface area contributed by atoms with E-state index in [4.69, 9.17) is 23.1 Å². The van der Waals surface area contributed by atoms with Crippen LogP contribution in [0.4, 0.5) is 13.2 Å². The average molecular weight is 477 g/mol. The molecular formula is C22H30ClF3N3O3+. The van der Waals surface area contributed by atoms with Crippen LogP contribution >= 0.6 is 11.6 Å². The number of amides is 2. The highest BCUT2D eigenvalue weighted by Crippen LogP contribution is 2.39. The molecule has 1 aliphatic heterocycles. The van der Waals surface area contributed by atoms with Crippen molar-refractivity contribution in [3.8, 4) is 0 Å². The molecular weight excluding hydrogens is 447 g/mol. The molecule has 0 bridgehead atoms. The molecule has 2 fully saturated rings. The van der Waals surface area contributed by atoms with Gasteiger partial charge in [-0.1, -0.05) is 36.9 Å². The molecule has 6 nitrogen and oxygen atoms in total. The van der Waals surface area contributed by atoms with Gasteiger partial charge in [-0.3, -0.25) is 4.79 Å². The lowest BCUT2D eigenvalue weighted by Gasteiger charge is -2.39. The van der Waals surface area contributed by atoms with Gasteiger partial charge in [-0.25, -0.2) is 9.28 Å². The summed E-state index contributed by atoms with van der Waals surface area (Å²) >= 11 is 6.07. The van der Waals surface area contributed by atoms with Gasteiger partial charge in [-0.15, -0.1) is 0 Å². The van der Waals surface area contributed by atoms with Crippen LogP contribution in [-0.4, -0.2) is 46.3 Å². The number of nitrogens with zero attached hydrogens (tertiary/aromatic N) is 1. The molecule has 1 aliphatic carbocycles. The summed E-state index contributed by atoms with van der Waals surface area (Å²) in [4.78, 5) is 26.0. The highest BCUT2D eigenvalue weighted by Gasteiger charge is 2.54. The third-order valence-corrected chi connectivity index (χ3v) is 7.23. The van der Waals surface area contributed by atoms with E-state index in [0.29, 0.717) is 25.7 Å². The van der Waals surface area contributed by atoms with E-state index in [2.05, 4.69) is 0 Å². The average Bonchev–Trinajstić information content (AvgIpc) is 3.17. The number of halogens is 4. The molecule has 2 unspecified atom stereocenters. The summed E-state index contributed by atoms with van der Waals surface area (Å²) in [5.41, 5.74) is 11.0. The largest absolute Gasteiger partial charge is 0.407 e. The summed E-state index contributed by atoms with van der Waals surface area (Å²) in [7, 11) is 0. The minimum atomic E-state index is -4.70. The van der Waals surface area contributed by atoms with E-state index in [-0.39, 0.29) is 35.2 Å². The second-order valence-corrected chi connectivity index (χ2v) is 9.46. The Morgan fingerprint density at radius 1 is 1.16 bits per heavy atom. The van der Waals surface area contributed by atoms with E-state index in [1.54, 1.807) is 0 Å². The number of aliphatic hydroxyl groups excluding tert-OH is 1. The van der Waals surface area contributed by atoms with Gasteiger partial charge in [-0.2, -0.15) is 13.2 Å².